The van der Waals surface area contributed by atoms with Crippen LogP contribution in [0.5, 0.6) is 0 Å². The Bertz CT molecular complexity index is 1210. The molecule has 3 heterocycles. The van der Waals surface area contributed by atoms with E-state index in [0.29, 0.717) is 5.56 Å². The lowest BCUT2D eigenvalue weighted by atomic mass is 9.97. The zero-order valence-electron chi connectivity index (χ0n) is 16.9. The second kappa shape index (κ2) is 7.26. The molecule has 0 amide bonds. The monoisotopic (exact) mass is 395 g/mol. The number of anilines is 2. The molecule has 0 aliphatic carbocycles. The molecule has 2 aliphatic rings. The summed E-state index contributed by atoms with van der Waals surface area (Å²) in [5.74, 6) is -0.0826. The van der Waals surface area contributed by atoms with E-state index in [0.717, 1.165) is 34.6 Å². The van der Waals surface area contributed by atoms with Gasteiger partial charge >= 0.3 is 5.97 Å². The van der Waals surface area contributed by atoms with Crippen molar-refractivity contribution < 1.29 is 9.53 Å². The number of aliphatic imine (C=N–C) groups is 1. The number of methoxy groups -OCH3 is 1. The van der Waals surface area contributed by atoms with Gasteiger partial charge in [-0.2, -0.15) is 0 Å². The minimum absolute atomic E-state index is 0.246. The fourth-order valence-electron chi connectivity index (χ4n) is 4.33. The number of rotatable bonds is 3. The van der Waals surface area contributed by atoms with Crippen molar-refractivity contribution in [2.45, 2.75) is 12.8 Å². The molecule has 1 atom stereocenters. The smallest absolute Gasteiger partial charge is 0.337 e. The highest BCUT2D eigenvalue weighted by molar-refractivity contribution is 5.91. The molecule has 148 valence electrons. The highest BCUT2D eigenvalue weighted by Crippen LogP contribution is 2.48. The van der Waals surface area contributed by atoms with Gasteiger partial charge in [-0.15, -0.1) is 0 Å². The van der Waals surface area contributed by atoms with Crippen LogP contribution in [0, 0.1) is 6.92 Å². The second-order valence-electron chi connectivity index (χ2n) is 7.50. The van der Waals surface area contributed by atoms with E-state index in [2.05, 4.69) is 52.1 Å². The number of esters is 1. The first-order valence-electron chi connectivity index (χ1n) is 9.91. The Morgan fingerprint density at radius 3 is 2.90 bits per heavy atom. The van der Waals surface area contributed by atoms with Gasteiger partial charge < -0.3 is 9.64 Å². The summed E-state index contributed by atoms with van der Waals surface area (Å²) in [7, 11) is 1.40. The number of aryl methyl sites for hydroxylation is 1. The van der Waals surface area contributed by atoms with E-state index in [1.807, 2.05) is 36.8 Å². The number of nitrogens with zero attached hydrogens (tertiary/aromatic N) is 3. The number of fused-ring (bicyclic) bond motifs is 3. The molecular weight excluding hydrogens is 374 g/mol. The van der Waals surface area contributed by atoms with Crippen LogP contribution in [0.15, 0.2) is 77.7 Å². The van der Waals surface area contributed by atoms with Crippen LogP contribution in [0.3, 0.4) is 0 Å². The SMILES string of the molecule is COC(=O)c1cccc(-c2ccc(N3C4=CC=NCC4c4cnccc43)cc2C)c1. The fraction of sp³-hybridized carbons (Fsp3) is 0.160. The molecule has 0 saturated carbocycles. The van der Waals surface area contributed by atoms with Crippen molar-refractivity contribution in [3.63, 3.8) is 0 Å². The third-order valence-electron chi connectivity index (χ3n) is 5.76. The number of hydrogen-bond donors (Lipinski definition) is 0. The van der Waals surface area contributed by atoms with Crippen LogP contribution in [-0.2, 0) is 4.74 Å². The van der Waals surface area contributed by atoms with Gasteiger partial charge in [0.2, 0.25) is 0 Å². The van der Waals surface area contributed by atoms with Crippen LogP contribution < -0.4 is 4.90 Å². The lowest BCUT2D eigenvalue weighted by molar-refractivity contribution is 0.0601. The van der Waals surface area contributed by atoms with Crippen molar-refractivity contribution in [1.82, 2.24) is 4.98 Å². The van der Waals surface area contributed by atoms with Gasteiger partial charge in [-0.1, -0.05) is 18.2 Å². The molecule has 2 aliphatic heterocycles. The molecule has 30 heavy (non-hydrogen) atoms. The van der Waals surface area contributed by atoms with Crippen molar-refractivity contribution in [3.8, 4) is 11.1 Å². The molecular formula is C25H21N3O2. The van der Waals surface area contributed by atoms with Gasteiger partial charge in [-0.25, -0.2) is 4.79 Å². The summed E-state index contributed by atoms with van der Waals surface area (Å²) in [6, 6.07) is 16.1. The Hall–Kier alpha value is -3.73. The van der Waals surface area contributed by atoms with E-state index in [9.17, 15) is 4.79 Å². The summed E-state index contributed by atoms with van der Waals surface area (Å²) < 4.78 is 4.86. The van der Waals surface area contributed by atoms with E-state index in [1.54, 1.807) is 6.07 Å². The third kappa shape index (κ3) is 2.90. The standard InChI is InChI=1S/C25H21N3O2/c1-16-12-19(6-7-20(16)17-4-3-5-18(13-17)25(29)30-2)28-23-8-10-26-14-21(23)22-15-27-11-9-24(22)28/h3-14,22H,15H2,1-2H3. The maximum atomic E-state index is 11.9. The Labute approximate surface area is 175 Å². The summed E-state index contributed by atoms with van der Waals surface area (Å²) >= 11 is 0. The number of benzene rings is 2. The maximum absolute atomic E-state index is 11.9. The number of pyridine rings is 1. The molecule has 0 radical (unpaired) electrons. The van der Waals surface area contributed by atoms with Gasteiger partial charge in [0.25, 0.3) is 0 Å². The van der Waals surface area contributed by atoms with Gasteiger partial charge in [0.05, 0.1) is 24.9 Å². The number of ether oxygens (including phenoxy) is 1. The van der Waals surface area contributed by atoms with E-state index in [4.69, 9.17) is 4.74 Å². The number of hydrogen-bond acceptors (Lipinski definition) is 5. The molecule has 2 aromatic carbocycles. The first-order valence-corrected chi connectivity index (χ1v) is 9.91. The number of carbonyl (C=O) groups excluding carboxylic acids is 1. The highest BCUT2D eigenvalue weighted by Gasteiger charge is 2.35. The van der Waals surface area contributed by atoms with Gasteiger partial charge in [0.15, 0.2) is 0 Å². The summed E-state index contributed by atoms with van der Waals surface area (Å²) in [4.78, 5) is 23.0. The first kappa shape index (κ1) is 18.3. The van der Waals surface area contributed by atoms with Gasteiger partial charge in [-0.05, 0) is 60.0 Å². The van der Waals surface area contributed by atoms with Gasteiger partial charge in [-0.3, -0.25) is 9.98 Å². The van der Waals surface area contributed by atoms with Crippen molar-refractivity contribution >= 4 is 23.6 Å². The largest absolute Gasteiger partial charge is 0.465 e. The molecule has 3 aromatic rings. The molecule has 0 N–H and O–H groups in total. The molecule has 0 fully saturated rings. The molecule has 0 saturated heterocycles. The second-order valence-corrected chi connectivity index (χ2v) is 7.50. The molecule has 0 spiro atoms. The van der Waals surface area contributed by atoms with Crippen molar-refractivity contribution in [2.75, 3.05) is 18.6 Å². The van der Waals surface area contributed by atoms with Crippen LogP contribution in [0.1, 0.15) is 27.4 Å². The predicted octanol–water partition coefficient (Wildman–Crippen LogP) is 5.05. The number of dihydropyridines is 1. The van der Waals surface area contributed by atoms with Crippen LogP contribution in [0.25, 0.3) is 11.1 Å². The highest BCUT2D eigenvalue weighted by atomic mass is 16.5. The van der Waals surface area contributed by atoms with Crippen LogP contribution >= 0.6 is 0 Å². The lowest BCUT2D eigenvalue weighted by Gasteiger charge is -2.25. The zero-order chi connectivity index (χ0) is 20.7. The summed E-state index contributed by atoms with van der Waals surface area (Å²) in [5, 5.41) is 0. The van der Waals surface area contributed by atoms with Crippen LogP contribution in [0.4, 0.5) is 11.4 Å². The Kier molecular flexibility index (Phi) is 4.43. The van der Waals surface area contributed by atoms with Crippen molar-refractivity contribution in [3.05, 3.63) is 89.4 Å². The minimum atomic E-state index is -0.328. The average molecular weight is 395 g/mol. The number of aromatic nitrogens is 1. The Balaban J connectivity index is 1.57. The summed E-state index contributed by atoms with van der Waals surface area (Å²) in [5.41, 5.74) is 8.49. The van der Waals surface area contributed by atoms with Crippen molar-refractivity contribution in [2.24, 2.45) is 4.99 Å². The van der Waals surface area contributed by atoms with Crippen molar-refractivity contribution in [1.29, 1.82) is 0 Å². The molecule has 5 rings (SSSR count). The maximum Gasteiger partial charge on any atom is 0.337 e. The van der Waals surface area contributed by atoms with E-state index < -0.39 is 0 Å². The average Bonchev–Trinajstić information content (AvgIpc) is 3.13. The van der Waals surface area contributed by atoms with E-state index >= 15 is 0 Å². The topological polar surface area (TPSA) is 54.8 Å². The number of allylic oxidation sites excluding steroid dienone is 1. The first-order chi connectivity index (χ1) is 14.7. The molecule has 1 unspecified atom stereocenters. The number of carbonyl (C=O) groups is 1. The quantitative estimate of drug-likeness (QED) is 0.583. The molecule has 5 nitrogen and oxygen atoms in total. The van der Waals surface area contributed by atoms with Crippen LogP contribution in [-0.4, -0.2) is 30.8 Å². The van der Waals surface area contributed by atoms with E-state index in [1.165, 1.54) is 18.4 Å². The predicted molar refractivity (Wildman–Crippen MR) is 119 cm³/mol. The minimum Gasteiger partial charge on any atom is -0.465 e. The zero-order valence-corrected chi connectivity index (χ0v) is 16.9. The third-order valence-corrected chi connectivity index (χ3v) is 5.76. The molecule has 5 heteroatoms. The van der Waals surface area contributed by atoms with Gasteiger partial charge in [0.1, 0.15) is 0 Å². The van der Waals surface area contributed by atoms with Crippen LogP contribution in [0.2, 0.25) is 0 Å². The Morgan fingerprint density at radius 2 is 2.07 bits per heavy atom. The normalized spacial score (nSPS) is 16.7. The lowest BCUT2D eigenvalue weighted by Crippen LogP contribution is -2.17. The fourth-order valence-corrected chi connectivity index (χ4v) is 4.33. The molecule has 1 aromatic heterocycles. The summed E-state index contributed by atoms with van der Waals surface area (Å²) in [6.45, 7) is 2.85. The Morgan fingerprint density at radius 1 is 1.17 bits per heavy atom. The molecule has 0 bridgehead atoms. The summed E-state index contributed by atoms with van der Waals surface area (Å²) in [6.07, 6.45) is 7.77. The van der Waals surface area contributed by atoms with Gasteiger partial charge in [0, 0.05) is 41.5 Å². The van der Waals surface area contributed by atoms with E-state index in [-0.39, 0.29) is 11.9 Å².